The molecule has 8 heteroatoms. The molecule has 1 saturated carbocycles. The van der Waals surface area contributed by atoms with E-state index in [0.29, 0.717) is 17.8 Å². The Morgan fingerprint density at radius 3 is 2.46 bits per heavy atom. The van der Waals surface area contributed by atoms with Crippen molar-refractivity contribution in [3.05, 3.63) is 102 Å². The number of nitrogens with zero attached hydrogens (tertiary/aromatic N) is 4. The molecule has 0 atom stereocenters. The van der Waals surface area contributed by atoms with Crippen molar-refractivity contribution in [2.75, 3.05) is 0 Å². The highest BCUT2D eigenvalue weighted by Gasteiger charge is 2.22. The molecule has 0 bridgehead atoms. The first-order valence-electron chi connectivity index (χ1n) is 14.4. The van der Waals surface area contributed by atoms with Crippen LogP contribution in [-0.2, 0) is 13.0 Å². The maximum Gasteiger partial charge on any atom is 0.269 e. The van der Waals surface area contributed by atoms with Crippen LogP contribution >= 0.6 is 0 Å². The summed E-state index contributed by atoms with van der Waals surface area (Å²) in [6.45, 7) is 2.72. The predicted molar refractivity (Wildman–Crippen MR) is 163 cm³/mol. The number of imidazole rings is 1. The van der Waals surface area contributed by atoms with Gasteiger partial charge in [0.05, 0.1) is 6.20 Å². The van der Waals surface area contributed by atoms with E-state index in [-0.39, 0.29) is 17.8 Å². The van der Waals surface area contributed by atoms with Crippen LogP contribution in [0, 0.1) is 5.41 Å². The predicted octanol–water partition coefficient (Wildman–Crippen LogP) is 6.93. The second-order valence-corrected chi connectivity index (χ2v) is 10.6. The summed E-state index contributed by atoms with van der Waals surface area (Å²) in [5.74, 6) is 6.16. The van der Waals surface area contributed by atoms with Crippen molar-refractivity contribution in [1.82, 2.24) is 14.9 Å². The molecule has 0 radical (unpaired) electrons. The topological polar surface area (TPSA) is 122 Å². The van der Waals surface area contributed by atoms with E-state index in [2.05, 4.69) is 74.6 Å². The second-order valence-electron chi connectivity index (χ2n) is 10.6. The molecule has 0 unspecified atom stereocenters. The Morgan fingerprint density at radius 1 is 1.02 bits per heavy atom. The summed E-state index contributed by atoms with van der Waals surface area (Å²) in [7, 11) is 0. The number of hydrogen-bond donors (Lipinski definition) is 3. The summed E-state index contributed by atoms with van der Waals surface area (Å²) in [4.78, 5) is 17.9. The minimum atomic E-state index is -0.0429. The zero-order valence-corrected chi connectivity index (χ0v) is 23.5. The average Bonchev–Trinajstić information content (AvgIpc) is 3.66. The van der Waals surface area contributed by atoms with Crippen molar-refractivity contribution in [1.29, 1.82) is 5.41 Å². The van der Waals surface area contributed by atoms with E-state index in [4.69, 9.17) is 11.3 Å². The molecule has 1 heterocycles. The Kier molecular flexibility index (Phi) is 8.98. The Bertz CT molecular complexity index is 1520. The molecule has 1 aromatic heterocycles. The van der Waals surface area contributed by atoms with Crippen LogP contribution in [0.5, 0.6) is 0 Å². The van der Waals surface area contributed by atoms with Gasteiger partial charge in [-0.1, -0.05) is 92.1 Å². The Balaban J connectivity index is 1.45. The maximum atomic E-state index is 13.2. The third-order valence-electron chi connectivity index (χ3n) is 7.76. The van der Waals surface area contributed by atoms with E-state index in [1.165, 1.54) is 12.8 Å². The molecular formula is C33H37N7O. The van der Waals surface area contributed by atoms with Crippen molar-refractivity contribution >= 4 is 11.7 Å². The number of nitrogens with two attached hydrogens (primary N) is 1. The highest BCUT2D eigenvalue weighted by Crippen LogP contribution is 2.31. The van der Waals surface area contributed by atoms with Gasteiger partial charge in [-0.05, 0) is 59.2 Å². The van der Waals surface area contributed by atoms with Gasteiger partial charge in [0.15, 0.2) is 5.84 Å². The van der Waals surface area contributed by atoms with Crippen LogP contribution in [0.4, 0.5) is 0 Å². The molecule has 210 valence electrons. The fourth-order valence-corrected chi connectivity index (χ4v) is 5.52. The summed E-state index contributed by atoms with van der Waals surface area (Å²) in [5.41, 5.74) is 6.29. The Labute approximate surface area is 241 Å². The number of amides is 1. The SMILES string of the molecule is CCCCc1ncc(C(=O)NC2CCCC2)n1Cc1ccc(-c2cc(-c3ccccc3)ccc2C(=N)N=NN)cc1. The molecule has 41 heavy (non-hydrogen) atoms. The first-order valence-corrected chi connectivity index (χ1v) is 14.4. The van der Waals surface area contributed by atoms with E-state index in [0.717, 1.165) is 65.7 Å². The third kappa shape index (κ3) is 6.60. The van der Waals surface area contributed by atoms with Crippen molar-refractivity contribution < 1.29 is 4.79 Å². The number of benzene rings is 3. The number of unbranched alkanes of at least 4 members (excludes halogenated alkanes) is 1. The van der Waals surface area contributed by atoms with E-state index >= 15 is 0 Å². The van der Waals surface area contributed by atoms with Crippen LogP contribution in [0.2, 0.25) is 0 Å². The summed E-state index contributed by atoms with van der Waals surface area (Å²) in [6.07, 6.45) is 9.07. The van der Waals surface area contributed by atoms with E-state index in [1.807, 2.05) is 30.3 Å². The number of nitrogens with one attached hydrogen (secondary N) is 2. The second kappa shape index (κ2) is 13.2. The smallest absolute Gasteiger partial charge is 0.269 e. The van der Waals surface area contributed by atoms with E-state index < -0.39 is 0 Å². The first-order chi connectivity index (χ1) is 20.1. The molecule has 1 fully saturated rings. The Morgan fingerprint density at radius 2 is 1.76 bits per heavy atom. The van der Waals surface area contributed by atoms with Crippen molar-refractivity contribution in [3.63, 3.8) is 0 Å². The van der Waals surface area contributed by atoms with Gasteiger partial charge < -0.3 is 15.7 Å². The van der Waals surface area contributed by atoms with Crippen LogP contribution < -0.4 is 11.2 Å². The minimum Gasteiger partial charge on any atom is -0.348 e. The van der Waals surface area contributed by atoms with Crippen LogP contribution in [0.1, 0.15) is 72.9 Å². The van der Waals surface area contributed by atoms with Gasteiger partial charge >= 0.3 is 0 Å². The van der Waals surface area contributed by atoms with Crippen LogP contribution in [-0.4, -0.2) is 27.3 Å². The van der Waals surface area contributed by atoms with Crippen LogP contribution in [0.3, 0.4) is 0 Å². The summed E-state index contributed by atoms with van der Waals surface area (Å²) in [6, 6.07) is 24.6. The lowest BCUT2D eigenvalue weighted by Crippen LogP contribution is -2.34. The summed E-state index contributed by atoms with van der Waals surface area (Å²) in [5, 5.41) is 18.7. The summed E-state index contributed by atoms with van der Waals surface area (Å²) < 4.78 is 2.06. The number of aryl methyl sites for hydroxylation is 1. The number of rotatable bonds is 10. The normalized spacial score (nSPS) is 13.6. The molecule has 4 N–H and O–H groups in total. The van der Waals surface area contributed by atoms with E-state index in [1.54, 1.807) is 6.20 Å². The first kappa shape index (κ1) is 28.0. The molecule has 0 saturated heterocycles. The largest absolute Gasteiger partial charge is 0.348 e. The maximum absolute atomic E-state index is 13.2. The minimum absolute atomic E-state index is 0.00286. The van der Waals surface area contributed by atoms with Crippen molar-refractivity contribution in [3.8, 4) is 22.3 Å². The monoisotopic (exact) mass is 547 g/mol. The van der Waals surface area contributed by atoms with Gasteiger partial charge in [0, 0.05) is 24.6 Å². The number of carbonyl (C=O) groups excluding carboxylic acids is 1. The van der Waals surface area contributed by atoms with Crippen LogP contribution in [0.25, 0.3) is 22.3 Å². The molecule has 8 nitrogen and oxygen atoms in total. The zero-order valence-electron chi connectivity index (χ0n) is 23.5. The van der Waals surface area contributed by atoms with Crippen LogP contribution in [0.15, 0.2) is 89.3 Å². The highest BCUT2D eigenvalue weighted by molar-refractivity contribution is 6.03. The molecule has 4 aromatic rings. The highest BCUT2D eigenvalue weighted by atomic mass is 16.2. The molecule has 0 aliphatic heterocycles. The van der Waals surface area contributed by atoms with Crippen molar-refractivity contribution in [2.45, 2.75) is 64.5 Å². The zero-order chi connectivity index (χ0) is 28.6. The van der Waals surface area contributed by atoms with Gasteiger partial charge in [-0.2, -0.15) is 0 Å². The van der Waals surface area contributed by atoms with Gasteiger partial charge in [0.25, 0.3) is 5.91 Å². The fraction of sp³-hybridized carbons (Fsp3) is 0.303. The lowest BCUT2D eigenvalue weighted by molar-refractivity contribution is 0.0928. The summed E-state index contributed by atoms with van der Waals surface area (Å²) >= 11 is 0. The number of aromatic nitrogens is 2. The third-order valence-corrected chi connectivity index (χ3v) is 7.76. The van der Waals surface area contributed by atoms with Gasteiger partial charge in [-0.15, -0.1) is 5.11 Å². The fourth-order valence-electron chi connectivity index (χ4n) is 5.52. The number of hydrogen-bond acceptors (Lipinski definition) is 4. The number of carbonyl (C=O) groups is 1. The van der Waals surface area contributed by atoms with Gasteiger partial charge in [0.2, 0.25) is 0 Å². The molecule has 0 spiro atoms. The van der Waals surface area contributed by atoms with Crippen molar-refractivity contribution in [2.24, 2.45) is 16.2 Å². The molecule has 5 rings (SSSR count). The molecule has 1 amide bonds. The van der Waals surface area contributed by atoms with E-state index in [9.17, 15) is 4.79 Å². The standard InChI is InChI=1S/C33H37N7O/c1-2-3-13-31-36-21-30(33(41)37-27-11-7-8-12-27)40(31)22-23-14-16-25(17-15-23)29-20-26(24-9-5-4-6-10-24)18-19-28(29)32(34)38-39-35/h4-6,9-10,14-21,27H,2-3,7-8,11-13,22H2,1H3,(H,37,41)(H3,34,35,38). The Hall–Kier alpha value is -4.59. The average molecular weight is 548 g/mol. The molecular weight excluding hydrogens is 510 g/mol. The molecule has 1 aliphatic rings. The van der Waals surface area contributed by atoms with Gasteiger partial charge in [-0.3, -0.25) is 10.2 Å². The number of amidine groups is 1. The quantitative estimate of drug-likeness (QED) is 0.0656. The lowest BCUT2D eigenvalue weighted by atomic mass is 9.93. The van der Waals surface area contributed by atoms with Gasteiger partial charge in [0.1, 0.15) is 11.5 Å². The van der Waals surface area contributed by atoms with Gasteiger partial charge in [-0.25, -0.2) is 4.98 Å². The molecule has 1 aliphatic carbocycles. The molecule has 3 aromatic carbocycles. The lowest BCUT2D eigenvalue weighted by Gasteiger charge is -2.16.